The topological polar surface area (TPSA) is 66.6 Å². The van der Waals surface area contributed by atoms with Gasteiger partial charge >= 0.3 is 0 Å². The van der Waals surface area contributed by atoms with Crippen LogP contribution < -0.4 is 10.9 Å². The SMILES string of the molecule is OCCCCCCCCCC[N]NCCCCO. The number of rotatable bonds is 15. The summed E-state index contributed by atoms with van der Waals surface area (Å²) in [5, 5.41) is 17.2. The molecule has 0 aliphatic rings. The number of nitrogens with zero attached hydrogens (tertiary/aromatic N) is 1. The minimum Gasteiger partial charge on any atom is -0.396 e. The molecule has 1 radical (unpaired) electrons. The molecular weight excluding hydrogens is 228 g/mol. The number of hydrogen-bond acceptors (Lipinski definition) is 3. The van der Waals surface area contributed by atoms with Crippen molar-refractivity contribution >= 4 is 0 Å². The minimum absolute atomic E-state index is 0.278. The predicted molar refractivity (Wildman–Crippen MR) is 75.3 cm³/mol. The molecule has 0 aromatic carbocycles. The van der Waals surface area contributed by atoms with Crippen LogP contribution >= 0.6 is 0 Å². The third-order valence-corrected chi connectivity index (χ3v) is 2.99. The lowest BCUT2D eigenvalue weighted by Crippen LogP contribution is -2.26. The molecule has 0 heterocycles. The summed E-state index contributed by atoms with van der Waals surface area (Å²) in [5.74, 6) is 0. The third kappa shape index (κ3) is 15.8. The highest BCUT2D eigenvalue weighted by Crippen LogP contribution is 2.07. The van der Waals surface area contributed by atoms with Gasteiger partial charge in [0.2, 0.25) is 0 Å². The fourth-order valence-electron chi connectivity index (χ4n) is 1.84. The number of aliphatic hydroxyl groups is 2. The average molecular weight is 259 g/mol. The van der Waals surface area contributed by atoms with Crippen molar-refractivity contribution in [2.45, 2.75) is 64.2 Å². The summed E-state index contributed by atoms with van der Waals surface area (Å²) >= 11 is 0. The summed E-state index contributed by atoms with van der Waals surface area (Å²) in [6, 6.07) is 0. The van der Waals surface area contributed by atoms with Crippen LogP contribution in [0.3, 0.4) is 0 Å². The Hall–Kier alpha value is -0.160. The number of aliphatic hydroxyl groups excluding tert-OH is 2. The van der Waals surface area contributed by atoms with E-state index in [1.807, 2.05) is 0 Å². The van der Waals surface area contributed by atoms with Crippen molar-refractivity contribution in [3.63, 3.8) is 0 Å². The lowest BCUT2D eigenvalue weighted by atomic mass is 10.1. The van der Waals surface area contributed by atoms with E-state index in [1.165, 1.54) is 44.9 Å². The second-order valence-corrected chi connectivity index (χ2v) is 4.77. The van der Waals surface area contributed by atoms with Crippen molar-refractivity contribution in [2.24, 2.45) is 0 Å². The van der Waals surface area contributed by atoms with Crippen molar-refractivity contribution in [3.05, 3.63) is 0 Å². The number of unbranched alkanes of at least 4 members (excludes halogenated alkanes) is 8. The maximum Gasteiger partial charge on any atom is 0.0431 e. The zero-order valence-corrected chi connectivity index (χ0v) is 11.7. The van der Waals surface area contributed by atoms with Crippen LogP contribution in [0.15, 0.2) is 0 Å². The first-order valence-corrected chi connectivity index (χ1v) is 7.53. The molecule has 0 aromatic rings. The molecule has 18 heavy (non-hydrogen) atoms. The smallest absolute Gasteiger partial charge is 0.0431 e. The van der Waals surface area contributed by atoms with E-state index < -0.39 is 0 Å². The zero-order chi connectivity index (χ0) is 13.3. The molecule has 0 fully saturated rings. The van der Waals surface area contributed by atoms with Gasteiger partial charge in [0.15, 0.2) is 0 Å². The van der Waals surface area contributed by atoms with Gasteiger partial charge in [0.1, 0.15) is 0 Å². The Bertz CT molecular complexity index is 130. The summed E-state index contributed by atoms with van der Waals surface area (Å²) in [4.78, 5) is 0. The van der Waals surface area contributed by atoms with Crippen molar-refractivity contribution in [1.82, 2.24) is 10.9 Å². The second kappa shape index (κ2) is 16.8. The van der Waals surface area contributed by atoms with E-state index in [0.717, 1.165) is 32.4 Å². The summed E-state index contributed by atoms with van der Waals surface area (Å²) in [7, 11) is 0. The molecule has 3 N–H and O–H groups in total. The summed E-state index contributed by atoms with van der Waals surface area (Å²) in [6.07, 6.45) is 11.6. The van der Waals surface area contributed by atoms with E-state index in [1.54, 1.807) is 0 Å². The molecule has 0 spiro atoms. The molecular formula is C14H31N2O2. The highest BCUT2D eigenvalue weighted by Gasteiger charge is 1.93. The van der Waals surface area contributed by atoms with Crippen molar-refractivity contribution < 1.29 is 10.2 Å². The van der Waals surface area contributed by atoms with Gasteiger partial charge in [-0.05, 0) is 25.7 Å². The van der Waals surface area contributed by atoms with E-state index in [9.17, 15) is 0 Å². The zero-order valence-electron chi connectivity index (χ0n) is 11.7. The van der Waals surface area contributed by atoms with Gasteiger partial charge in [-0.1, -0.05) is 38.5 Å². The van der Waals surface area contributed by atoms with Crippen LogP contribution in [-0.4, -0.2) is 36.5 Å². The van der Waals surface area contributed by atoms with E-state index in [4.69, 9.17) is 10.2 Å². The maximum absolute atomic E-state index is 8.63. The molecule has 0 unspecified atom stereocenters. The largest absolute Gasteiger partial charge is 0.396 e. The van der Waals surface area contributed by atoms with E-state index in [0.29, 0.717) is 6.61 Å². The number of hydrogen-bond donors (Lipinski definition) is 3. The quantitative estimate of drug-likeness (QED) is 0.311. The van der Waals surface area contributed by atoms with E-state index >= 15 is 0 Å². The fraction of sp³-hybridized carbons (Fsp3) is 1.00. The maximum atomic E-state index is 8.63. The van der Waals surface area contributed by atoms with Gasteiger partial charge in [0.25, 0.3) is 0 Å². The van der Waals surface area contributed by atoms with E-state index in [2.05, 4.69) is 10.9 Å². The molecule has 0 aromatic heterocycles. The Balaban J connectivity index is 2.86. The van der Waals surface area contributed by atoms with Gasteiger partial charge < -0.3 is 10.2 Å². The minimum atomic E-state index is 0.278. The molecule has 0 aliphatic heterocycles. The standard InChI is InChI=1S/C14H31N2O2/c17-13-9-6-4-2-1-3-5-7-11-15-16-12-8-10-14-18/h16-18H,1-14H2. The Labute approximate surface area is 112 Å². The Kier molecular flexibility index (Phi) is 16.7. The van der Waals surface area contributed by atoms with Crippen LogP contribution in [0.5, 0.6) is 0 Å². The predicted octanol–water partition coefficient (Wildman–Crippen LogP) is 1.98. The molecule has 0 saturated carbocycles. The first-order chi connectivity index (χ1) is 8.91. The Morgan fingerprint density at radius 1 is 0.611 bits per heavy atom. The van der Waals surface area contributed by atoms with Crippen LogP contribution in [0.1, 0.15) is 64.2 Å². The summed E-state index contributed by atoms with van der Waals surface area (Å²) in [5.41, 5.74) is 7.28. The molecule has 0 rings (SSSR count). The molecule has 109 valence electrons. The van der Waals surface area contributed by atoms with Gasteiger partial charge in [-0.15, -0.1) is 0 Å². The number of nitrogens with one attached hydrogen (secondary N) is 1. The van der Waals surface area contributed by atoms with Crippen LogP contribution in [-0.2, 0) is 0 Å². The first kappa shape index (κ1) is 17.8. The molecule has 4 nitrogen and oxygen atoms in total. The van der Waals surface area contributed by atoms with Crippen molar-refractivity contribution in [3.8, 4) is 0 Å². The molecule has 0 aliphatic carbocycles. The Morgan fingerprint density at radius 3 is 1.72 bits per heavy atom. The van der Waals surface area contributed by atoms with Gasteiger partial charge in [-0.25, -0.2) is 5.43 Å². The fourth-order valence-corrected chi connectivity index (χ4v) is 1.84. The lowest BCUT2D eigenvalue weighted by molar-refractivity contribution is 0.281. The summed E-state index contributed by atoms with van der Waals surface area (Å²) < 4.78 is 0. The Morgan fingerprint density at radius 2 is 1.11 bits per heavy atom. The van der Waals surface area contributed by atoms with Crippen molar-refractivity contribution in [1.29, 1.82) is 0 Å². The van der Waals surface area contributed by atoms with Crippen LogP contribution in [0.25, 0.3) is 0 Å². The first-order valence-electron chi connectivity index (χ1n) is 7.53. The van der Waals surface area contributed by atoms with Gasteiger partial charge in [-0.3, -0.25) is 0 Å². The second-order valence-electron chi connectivity index (χ2n) is 4.77. The van der Waals surface area contributed by atoms with Crippen LogP contribution in [0, 0.1) is 0 Å². The van der Waals surface area contributed by atoms with Gasteiger partial charge in [0.05, 0.1) is 0 Å². The van der Waals surface area contributed by atoms with E-state index in [-0.39, 0.29) is 6.61 Å². The molecule has 0 atom stereocenters. The molecule has 0 amide bonds. The molecule has 0 saturated heterocycles. The highest BCUT2D eigenvalue weighted by molar-refractivity contribution is 4.49. The van der Waals surface area contributed by atoms with Crippen LogP contribution in [0.2, 0.25) is 0 Å². The third-order valence-electron chi connectivity index (χ3n) is 2.99. The normalized spacial score (nSPS) is 11.0. The highest BCUT2D eigenvalue weighted by atomic mass is 16.3. The molecule has 0 bridgehead atoms. The van der Waals surface area contributed by atoms with Crippen molar-refractivity contribution in [2.75, 3.05) is 26.3 Å². The van der Waals surface area contributed by atoms with Gasteiger partial charge in [-0.2, -0.15) is 5.43 Å². The lowest BCUT2D eigenvalue weighted by Gasteiger charge is -2.04. The molecule has 4 heteroatoms. The monoisotopic (exact) mass is 259 g/mol. The average Bonchev–Trinajstić information content (AvgIpc) is 2.39. The van der Waals surface area contributed by atoms with Crippen LogP contribution in [0.4, 0.5) is 0 Å². The summed E-state index contributed by atoms with van der Waals surface area (Å²) in [6.45, 7) is 2.40. The van der Waals surface area contributed by atoms with Gasteiger partial charge in [0, 0.05) is 26.3 Å².